The largest absolute Gasteiger partial charge is 0.489 e. The van der Waals surface area contributed by atoms with Crippen LogP contribution < -0.4 is 9.47 Å². The Hall–Kier alpha value is -2.04. The Balaban J connectivity index is 1.37. The average molecular weight is 339 g/mol. The maximum Gasteiger partial charge on any atom is 0.126 e. The van der Waals surface area contributed by atoms with Crippen molar-refractivity contribution in [1.82, 2.24) is 4.90 Å². The number of morpholine rings is 1. The van der Waals surface area contributed by atoms with Crippen molar-refractivity contribution < 1.29 is 14.2 Å². The number of hydrogen-bond donors (Lipinski definition) is 0. The van der Waals surface area contributed by atoms with Gasteiger partial charge in [0.1, 0.15) is 24.2 Å². The molecule has 4 nitrogen and oxygen atoms in total. The second kappa shape index (κ2) is 7.89. The molecule has 4 rings (SSSR count). The lowest BCUT2D eigenvalue weighted by atomic mass is 10.0. The topological polar surface area (TPSA) is 30.9 Å². The highest BCUT2D eigenvalue weighted by Gasteiger charge is 2.23. The van der Waals surface area contributed by atoms with Crippen LogP contribution in [0.1, 0.15) is 17.5 Å². The van der Waals surface area contributed by atoms with E-state index in [4.69, 9.17) is 14.2 Å². The number of fused-ring (bicyclic) bond motifs is 1. The normalized spacial score (nSPS) is 20.6. The minimum atomic E-state index is 0.259. The molecule has 1 saturated heterocycles. The zero-order valence-corrected chi connectivity index (χ0v) is 14.5. The standard InChI is InChI=1S/C21H25NO3/c1-2-4-17(5-3-1)16-24-19-8-6-18-7-9-20(25-21(18)14-19)15-22-10-12-23-13-11-22/h1-6,8,14,20H,7,9-13,15-16H2. The first-order valence-electron chi connectivity index (χ1n) is 9.13. The molecule has 1 atom stereocenters. The number of benzene rings is 2. The zero-order chi connectivity index (χ0) is 16.9. The summed E-state index contributed by atoms with van der Waals surface area (Å²) in [4.78, 5) is 2.44. The number of aryl methyl sites for hydroxylation is 1. The summed E-state index contributed by atoms with van der Waals surface area (Å²) in [6.07, 6.45) is 2.41. The molecule has 2 heterocycles. The summed E-state index contributed by atoms with van der Waals surface area (Å²) in [6, 6.07) is 16.5. The number of rotatable bonds is 5. The van der Waals surface area contributed by atoms with Crippen molar-refractivity contribution in [2.24, 2.45) is 0 Å². The van der Waals surface area contributed by atoms with Gasteiger partial charge in [-0.15, -0.1) is 0 Å². The van der Waals surface area contributed by atoms with Gasteiger partial charge in [-0.05, 0) is 30.0 Å². The van der Waals surface area contributed by atoms with Gasteiger partial charge in [-0.3, -0.25) is 4.90 Å². The molecule has 1 fully saturated rings. The molecule has 2 aromatic carbocycles. The molecule has 0 spiro atoms. The van der Waals surface area contributed by atoms with Crippen LogP contribution in [0.25, 0.3) is 0 Å². The van der Waals surface area contributed by atoms with Gasteiger partial charge >= 0.3 is 0 Å². The molecule has 0 aromatic heterocycles. The van der Waals surface area contributed by atoms with E-state index in [-0.39, 0.29) is 6.10 Å². The molecule has 0 aliphatic carbocycles. The van der Waals surface area contributed by atoms with Crippen LogP contribution in [0.15, 0.2) is 48.5 Å². The van der Waals surface area contributed by atoms with Gasteiger partial charge in [0.2, 0.25) is 0 Å². The van der Waals surface area contributed by atoms with Gasteiger partial charge in [0, 0.05) is 25.7 Å². The number of hydrogen-bond acceptors (Lipinski definition) is 4. The molecule has 25 heavy (non-hydrogen) atoms. The van der Waals surface area contributed by atoms with Crippen LogP contribution in [0.3, 0.4) is 0 Å². The van der Waals surface area contributed by atoms with Gasteiger partial charge in [0.25, 0.3) is 0 Å². The third-order valence-electron chi connectivity index (χ3n) is 4.88. The van der Waals surface area contributed by atoms with E-state index in [0.717, 1.165) is 57.2 Å². The first-order valence-corrected chi connectivity index (χ1v) is 9.13. The lowest BCUT2D eigenvalue weighted by molar-refractivity contribution is 0.0159. The quantitative estimate of drug-likeness (QED) is 0.836. The van der Waals surface area contributed by atoms with Gasteiger partial charge in [0.15, 0.2) is 0 Å². The molecule has 2 aliphatic rings. The average Bonchev–Trinajstić information content (AvgIpc) is 2.68. The van der Waals surface area contributed by atoms with E-state index in [1.165, 1.54) is 11.1 Å². The first kappa shape index (κ1) is 16.4. The van der Waals surface area contributed by atoms with E-state index < -0.39 is 0 Å². The summed E-state index contributed by atoms with van der Waals surface area (Å²) in [7, 11) is 0. The Morgan fingerprint density at radius 3 is 2.72 bits per heavy atom. The van der Waals surface area contributed by atoms with Crippen molar-refractivity contribution in [1.29, 1.82) is 0 Å². The maximum atomic E-state index is 6.26. The van der Waals surface area contributed by atoms with Gasteiger partial charge in [-0.1, -0.05) is 36.4 Å². The fraction of sp³-hybridized carbons (Fsp3) is 0.429. The Bertz CT molecular complexity index is 683. The summed E-state index contributed by atoms with van der Waals surface area (Å²) in [5, 5.41) is 0. The van der Waals surface area contributed by atoms with E-state index in [0.29, 0.717) is 6.61 Å². The Morgan fingerprint density at radius 1 is 1.04 bits per heavy atom. The SMILES string of the molecule is c1ccc(COc2ccc3c(c2)OC(CN2CCOCC2)CC3)cc1. The summed E-state index contributed by atoms with van der Waals surface area (Å²) in [5.41, 5.74) is 2.46. The van der Waals surface area contributed by atoms with Crippen molar-refractivity contribution in [2.45, 2.75) is 25.6 Å². The third kappa shape index (κ3) is 4.33. The van der Waals surface area contributed by atoms with E-state index in [1.54, 1.807) is 0 Å². The van der Waals surface area contributed by atoms with Crippen LogP contribution in [0.2, 0.25) is 0 Å². The van der Waals surface area contributed by atoms with Gasteiger partial charge in [0.05, 0.1) is 13.2 Å². The molecule has 2 aromatic rings. The highest BCUT2D eigenvalue weighted by atomic mass is 16.5. The van der Waals surface area contributed by atoms with Crippen molar-refractivity contribution in [3.8, 4) is 11.5 Å². The Morgan fingerprint density at radius 2 is 1.88 bits per heavy atom. The minimum Gasteiger partial charge on any atom is -0.489 e. The summed E-state index contributed by atoms with van der Waals surface area (Å²) >= 11 is 0. The Kier molecular flexibility index (Phi) is 5.19. The predicted octanol–water partition coefficient (Wildman–Crippen LogP) is 3.29. The molecule has 1 unspecified atom stereocenters. The molecule has 0 bridgehead atoms. The molecule has 0 saturated carbocycles. The fourth-order valence-corrected chi connectivity index (χ4v) is 3.44. The van der Waals surface area contributed by atoms with E-state index >= 15 is 0 Å². The monoisotopic (exact) mass is 339 g/mol. The van der Waals surface area contributed by atoms with Crippen LogP contribution >= 0.6 is 0 Å². The lowest BCUT2D eigenvalue weighted by Crippen LogP contribution is -2.43. The number of nitrogens with zero attached hydrogens (tertiary/aromatic N) is 1. The van der Waals surface area contributed by atoms with Crippen LogP contribution in [0, 0.1) is 0 Å². The maximum absolute atomic E-state index is 6.26. The molecular formula is C21H25NO3. The van der Waals surface area contributed by atoms with Crippen molar-refractivity contribution in [2.75, 3.05) is 32.8 Å². The molecule has 4 heteroatoms. The van der Waals surface area contributed by atoms with Crippen molar-refractivity contribution in [3.63, 3.8) is 0 Å². The third-order valence-corrected chi connectivity index (χ3v) is 4.88. The molecule has 0 N–H and O–H groups in total. The Labute approximate surface area is 149 Å². The summed E-state index contributed by atoms with van der Waals surface area (Å²) in [6.45, 7) is 5.25. The van der Waals surface area contributed by atoms with E-state index in [1.807, 2.05) is 30.3 Å². The molecule has 132 valence electrons. The van der Waals surface area contributed by atoms with Crippen LogP contribution in [-0.2, 0) is 17.8 Å². The lowest BCUT2D eigenvalue weighted by Gasteiger charge is -2.33. The van der Waals surface area contributed by atoms with Crippen LogP contribution in [0.4, 0.5) is 0 Å². The van der Waals surface area contributed by atoms with Gasteiger partial charge in [-0.25, -0.2) is 0 Å². The van der Waals surface area contributed by atoms with Crippen molar-refractivity contribution >= 4 is 0 Å². The zero-order valence-electron chi connectivity index (χ0n) is 14.5. The molecule has 0 radical (unpaired) electrons. The fourth-order valence-electron chi connectivity index (χ4n) is 3.44. The van der Waals surface area contributed by atoms with Gasteiger partial charge in [-0.2, -0.15) is 0 Å². The van der Waals surface area contributed by atoms with Crippen LogP contribution in [0.5, 0.6) is 11.5 Å². The van der Waals surface area contributed by atoms with E-state index in [9.17, 15) is 0 Å². The second-order valence-corrected chi connectivity index (χ2v) is 6.74. The van der Waals surface area contributed by atoms with E-state index in [2.05, 4.69) is 23.1 Å². The highest BCUT2D eigenvalue weighted by Crippen LogP contribution is 2.32. The summed E-state index contributed by atoms with van der Waals surface area (Å²) in [5.74, 6) is 1.85. The number of ether oxygens (including phenoxy) is 3. The molecular weight excluding hydrogens is 314 g/mol. The van der Waals surface area contributed by atoms with Gasteiger partial charge < -0.3 is 14.2 Å². The second-order valence-electron chi connectivity index (χ2n) is 6.74. The van der Waals surface area contributed by atoms with Crippen molar-refractivity contribution in [3.05, 3.63) is 59.7 Å². The molecule has 0 amide bonds. The summed E-state index contributed by atoms with van der Waals surface area (Å²) < 4.78 is 17.6. The molecule has 2 aliphatic heterocycles. The minimum absolute atomic E-state index is 0.259. The highest BCUT2D eigenvalue weighted by molar-refractivity contribution is 5.42. The smallest absolute Gasteiger partial charge is 0.126 e. The predicted molar refractivity (Wildman–Crippen MR) is 97.2 cm³/mol. The first-order chi connectivity index (χ1) is 12.4. The van der Waals surface area contributed by atoms with Crippen LogP contribution in [-0.4, -0.2) is 43.9 Å².